The number of hydrogen-bond donors (Lipinski definition) is 2. The van der Waals surface area contributed by atoms with E-state index in [1.165, 1.54) is 0 Å². The number of nitrogens with one attached hydrogen (secondary N) is 1. The van der Waals surface area contributed by atoms with Gasteiger partial charge in [-0.1, -0.05) is 41.7 Å². The average Bonchev–Trinajstić information content (AvgIpc) is 2.82. The molecule has 1 atom stereocenters. The van der Waals surface area contributed by atoms with E-state index < -0.39 is 0 Å². The summed E-state index contributed by atoms with van der Waals surface area (Å²) in [5.41, 5.74) is 7.89. The largest absolute Gasteiger partial charge is 0.354 e. The van der Waals surface area contributed by atoms with Crippen LogP contribution in [0.3, 0.4) is 0 Å². The number of nitrogens with two attached hydrogens (primary N) is 1. The number of nitrogens with zero attached hydrogens (tertiary/aromatic N) is 1. The third-order valence-electron chi connectivity index (χ3n) is 3.29. The van der Waals surface area contributed by atoms with Gasteiger partial charge >= 0.3 is 4.87 Å². The summed E-state index contributed by atoms with van der Waals surface area (Å²) < 4.78 is 1.61. The molecule has 1 amide bonds. The Balaban J connectivity index is 1.79. The first kappa shape index (κ1) is 15.5. The van der Waals surface area contributed by atoms with Gasteiger partial charge in [-0.05, 0) is 12.5 Å². The fourth-order valence-electron chi connectivity index (χ4n) is 2.02. The van der Waals surface area contributed by atoms with Gasteiger partial charge in [0.05, 0.1) is 0 Å². The normalized spacial score (nSPS) is 12.1. The highest BCUT2D eigenvalue weighted by Crippen LogP contribution is 2.08. The van der Waals surface area contributed by atoms with Crippen molar-refractivity contribution in [2.45, 2.75) is 25.9 Å². The zero-order valence-electron chi connectivity index (χ0n) is 11.9. The molecule has 0 bridgehead atoms. The van der Waals surface area contributed by atoms with Crippen LogP contribution in [0, 0.1) is 6.92 Å². The van der Waals surface area contributed by atoms with Crippen LogP contribution in [0.5, 0.6) is 0 Å². The monoisotopic (exact) mass is 305 g/mol. The van der Waals surface area contributed by atoms with Crippen molar-refractivity contribution in [1.29, 1.82) is 0 Å². The van der Waals surface area contributed by atoms with E-state index in [9.17, 15) is 9.59 Å². The second-order valence-corrected chi connectivity index (χ2v) is 5.69. The number of carbonyl (C=O) groups excluding carboxylic acids is 1. The van der Waals surface area contributed by atoms with Crippen LogP contribution < -0.4 is 15.9 Å². The molecule has 0 aliphatic heterocycles. The molecular weight excluding hydrogens is 286 g/mol. The van der Waals surface area contributed by atoms with E-state index in [1.54, 1.807) is 9.95 Å². The Bertz CT molecular complexity index is 648. The summed E-state index contributed by atoms with van der Waals surface area (Å²) in [4.78, 5) is 23.3. The van der Waals surface area contributed by atoms with Crippen LogP contribution in [0.1, 0.15) is 23.7 Å². The average molecular weight is 305 g/mol. The van der Waals surface area contributed by atoms with E-state index in [0.717, 1.165) is 22.6 Å². The molecule has 0 aliphatic carbocycles. The molecule has 0 aliphatic rings. The Morgan fingerprint density at radius 1 is 1.38 bits per heavy atom. The van der Waals surface area contributed by atoms with E-state index in [1.807, 2.05) is 37.3 Å². The zero-order valence-corrected chi connectivity index (χ0v) is 12.7. The van der Waals surface area contributed by atoms with Crippen LogP contribution in [0.15, 0.2) is 40.5 Å². The summed E-state index contributed by atoms with van der Waals surface area (Å²) >= 11 is 1.15. The van der Waals surface area contributed by atoms with Gasteiger partial charge in [0, 0.05) is 36.6 Å². The number of thiazole rings is 1. The van der Waals surface area contributed by atoms with Crippen LogP contribution in [0.4, 0.5) is 0 Å². The molecule has 1 aromatic heterocycles. The SMILES string of the molecule is Cc1csc(=O)n1CCC(=O)NCC(N)c1ccccc1. The summed E-state index contributed by atoms with van der Waals surface area (Å²) in [5, 5.41) is 4.60. The number of benzene rings is 1. The number of aromatic nitrogens is 1. The van der Waals surface area contributed by atoms with E-state index in [4.69, 9.17) is 5.73 Å². The van der Waals surface area contributed by atoms with Gasteiger partial charge in [0.2, 0.25) is 5.91 Å². The minimum absolute atomic E-state index is 0.0266. The van der Waals surface area contributed by atoms with Gasteiger partial charge < -0.3 is 15.6 Å². The van der Waals surface area contributed by atoms with Crippen LogP contribution in [-0.4, -0.2) is 17.0 Å². The molecule has 5 nitrogen and oxygen atoms in total. The molecular formula is C15H19N3O2S. The summed E-state index contributed by atoms with van der Waals surface area (Å²) in [6.45, 7) is 2.65. The first-order chi connectivity index (χ1) is 10.1. The van der Waals surface area contributed by atoms with E-state index in [2.05, 4.69) is 5.32 Å². The predicted molar refractivity (Wildman–Crippen MR) is 84.3 cm³/mol. The van der Waals surface area contributed by atoms with Gasteiger partial charge in [-0.3, -0.25) is 9.59 Å². The van der Waals surface area contributed by atoms with Gasteiger partial charge in [-0.15, -0.1) is 0 Å². The van der Waals surface area contributed by atoms with E-state index in [0.29, 0.717) is 13.1 Å². The van der Waals surface area contributed by atoms with Crippen molar-refractivity contribution in [2.75, 3.05) is 6.54 Å². The molecule has 0 spiro atoms. The molecule has 3 N–H and O–H groups in total. The van der Waals surface area contributed by atoms with Gasteiger partial charge in [0.1, 0.15) is 0 Å². The Morgan fingerprint density at radius 2 is 2.10 bits per heavy atom. The molecule has 1 aromatic carbocycles. The highest BCUT2D eigenvalue weighted by Gasteiger charge is 2.09. The first-order valence-corrected chi connectivity index (χ1v) is 7.68. The fraction of sp³-hybridized carbons (Fsp3) is 0.333. The molecule has 2 rings (SSSR count). The van der Waals surface area contributed by atoms with Crippen LogP contribution >= 0.6 is 11.3 Å². The highest BCUT2D eigenvalue weighted by atomic mass is 32.1. The second kappa shape index (κ2) is 7.19. The number of aryl methyl sites for hydroxylation is 1. The molecule has 112 valence electrons. The molecule has 21 heavy (non-hydrogen) atoms. The Hall–Kier alpha value is -1.92. The fourth-order valence-corrected chi connectivity index (χ4v) is 2.78. The maximum Gasteiger partial charge on any atom is 0.307 e. The van der Waals surface area contributed by atoms with Crippen molar-refractivity contribution in [1.82, 2.24) is 9.88 Å². The molecule has 1 heterocycles. The maximum absolute atomic E-state index is 11.8. The third-order valence-corrected chi connectivity index (χ3v) is 4.17. The van der Waals surface area contributed by atoms with Gasteiger partial charge in [0.25, 0.3) is 0 Å². The van der Waals surface area contributed by atoms with E-state index in [-0.39, 0.29) is 23.2 Å². The summed E-state index contributed by atoms with van der Waals surface area (Å²) in [5.74, 6) is -0.0983. The summed E-state index contributed by atoms with van der Waals surface area (Å²) in [7, 11) is 0. The van der Waals surface area contributed by atoms with Crippen LogP contribution in [-0.2, 0) is 11.3 Å². The zero-order chi connectivity index (χ0) is 15.2. The Morgan fingerprint density at radius 3 is 2.71 bits per heavy atom. The maximum atomic E-state index is 11.8. The Kier molecular flexibility index (Phi) is 5.30. The molecule has 0 saturated carbocycles. The summed E-state index contributed by atoms with van der Waals surface area (Å²) in [6, 6.07) is 9.41. The van der Waals surface area contributed by atoms with Gasteiger partial charge in [-0.2, -0.15) is 0 Å². The first-order valence-electron chi connectivity index (χ1n) is 6.80. The number of carbonyl (C=O) groups is 1. The van der Waals surface area contributed by atoms with Crippen LogP contribution in [0.2, 0.25) is 0 Å². The lowest BCUT2D eigenvalue weighted by Crippen LogP contribution is -2.32. The lowest BCUT2D eigenvalue weighted by molar-refractivity contribution is -0.121. The van der Waals surface area contributed by atoms with Gasteiger partial charge in [-0.25, -0.2) is 0 Å². The smallest absolute Gasteiger partial charge is 0.307 e. The quantitative estimate of drug-likeness (QED) is 0.847. The summed E-state index contributed by atoms with van der Waals surface area (Å²) in [6.07, 6.45) is 0.277. The third kappa shape index (κ3) is 4.27. The van der Waals surface area contributed by atoms with Crippen molar-refractivity contribution in [3.63, 3.8) is 0 Å². The Labute approximate surface area is 127 Å². The number of amides is 1. The minimum Gasteiger partial charge on any atom is -0.354 e. The topological polar surface area (TPSA) is 77.1 Å². The van der Waals surface area contributed by atoms with Gasteiger partial charge in [0.15, 0.2) is 0 Å². The lowest BCUT2D eigenvalue weighted by atomic mass is 10.1. The van der Waals surface area contributed by atoms with Crippen LogP contribution in [0.25, 0.3) is 0 Å². The second-order valence-electron chi connectivity index (χ2n) is 4.87. The lowest BCUT2D eigenvalue weighted by Gasteiger charge is -2.13. The van der Waals surface area contributed by atoms with Crippen molar-refractivity contribution in [3.05, 3.63) is 56.6 Å². The minimum atomic E-state index is -0.222. The molecule has 0 radical (unpaired) electrons. The van der Waals surface area contributed by atoms with Crippen molar-refractivity contribution >= 4 is 17.2 Å². The number of hydrogen-bond acceptors (Lipinski definition) is 4. The molecule has 6 heteroatoms. The molecule has 0 fully saturated rings. The molecule has 1 unspecified atom stereocenters. The van der Waals surface area contributed by atoms with Crippen molar-refractivity contribution in [3.8, 4) is 0 Å². The highest BCUT2D eigenvalue weighted by molar-refractivity contribution is 7.07. The standard InChI is InChI=1S/C15H19N3O2S/c1-11-10-21-15(20)18(11)8-7-14(19)17-9-13(16)12-5-3-2-4-6-12/h2-6,10,13H,7-9,16H2,1H3,(H,17,19). The number of rotatable bonds is 6. The molecule has 2 aromatic rings. The predicted octanol–water partition coefficient (Wildman–Crippen LogP) is 1.42. The van der Waals surface area contributed by atoms with E-state index >= 15 is 0 Å². The van der Waals surface area contributed by atoms with Crippen molar-refractivity contribution < 1.29 is 4.79 Å². The molecule has 0 saturated heterocycles. The van der Waals surface area contributed by atoms with Crippen molar-refractivity contribution in [2.24, 2.45) is 5.73 Å².